The molecular formula is C50H36N4O. The molecule has 262 valence electrons. The fourth-order valence-electron chi connectivity index (χ4n) is 7.25. The number of nitrogens with zero attached hydrogens (tertiary/aromatic N) is 4. The number of fused-ring (bicyclic) bond motifs is 4. The van der Waals surface area contributed by atoms with Gasteiger partial charge < -0.3 is 9.32 Å². The molecule has 0 amide bonds. The van der Waals surface area contributed by atoms with Gasteiger partial charge in [0.1, 0.15) is 11.2 Å². The molecule has 0 N–H and O–H groups in total. The number of para-hydroxylation sites is 1. The van der Waals surface area contributed by atoms with E-state index in [4.69, 9.17) is 14.4 Å². The van der Waals surface area contributed by atoms with Crippen LogP contribution in [0.25, 0.3) is 43.8 Å². The van der Waals surface area contributed by atoms with E-state index in [1.165, 1.54) is 10.8 Å². The Labute approximate surface area is 319 Å². The Balaban J connectivity index is 1.15. The lowest BCUT2D eigenvalue weighted by molar-refractivity contribution is 0.669. The van der Waals surface area contributed by atoms with Gasteiger partial charge in [-0.25, -0.2) is 9.98 Å². The monoisotopic (exact) mass is 708 g/mol. The van der Waals surface area contributed by atoms with Crippen LogP contribution in [0.3, 0.4) is 0 Å². The van der Waals surface area contributed by atoms with Crippen molar-refractivity contribution in [2.24, 2.45) is 15.0 Å². The second kappa shape index (κ2) is 14.9. The molecule has 0 bridgehead atoms. The average molecular weight is 709 g/mol. The molecule has 0 saturated heterocycles. The zero-order valence-corrected chi connectivity index (χ0v) is 30.1. The van der Waals surface area contributed by atoms with Crippen molar-refractivity contribution in [3.8, 4) is 11.1 Å². The van der Waals surface area contributed by atoms with Gasteiger partial charge in [-0.1, -0.05) is 146 Å². The molecule has 9 aromatic rings. The van der Waals surface area contributed by atoms with E-state index in [0.717, 1.165) is 66.8 Å². The molecular weight excluding hydrogens is 673 g/mol. The molecule has 8 aromatic carbocycles. The number of aliphatic imine (C=N–C) groups is 3. The van der Waals surface area contributed by atoms with Gasteiger partial charge in [-0.05, 0) is 77.3 Å². The number of anilines is 3. The molecule has 55 heavy (non-hydrogen) atoms. The lowest BCUT2D eigenvalue weighted by Gasteiger charge is -2.27. The second-order valence-electron chi connectivity index (χ2n) is 13.3. The molecule has 0 aliphatic rings. The second-order valence-corrected chi connectivity index (χ2v) is 13.3. The quantitative estimate of drug-likeness (QED) is 0.117. The Morgan fingerprint density at radius 1 is 0.527 bits per heavy atom. The average Bonchev–Trinajstić information content (AvgIpc) is 3.63. The summed E-state index contributed by atoms with van der Waals surface area (Å²) in [5.41, 5.74) is 9.82. The van der Waals surface area contributed by atoms with Crippen LogP contribution in [0.15, 0.2) is 214 Å². The summed E-state index contributed by atoms with van der Waals surface area (Å²) in [5.74, 6) is 1.06. The fraction of sp³-hybridized carbons (Fsp3) is 0.0200. The molecule has 9 rings (SSSR count). The van der Waals surface area contributed by atoms with Crippen LogP contribution in [0.2, 0.25) is 0 Å². The summed E-state index contributed by atoms with van der Waals surface area (Å²) in [6, 6.07) is 66.9. The maximum atomic E-state index is 6.60. The number of hydrogen-bond donors (Lipinski definition) is 0. The van der Waals surface area contributed by atoms with Gasteiger partial charge in [0.15, 0.2) is 11.7 Å². The third-order valence-corrected chi connectivity index (χ3v) is 9.84. The minimum atomic E-state index is 0.469. The smallest absolute Gasteiger partial charge is 0.161 e. The van der Waals surface area contributed by atoms with Crippen molar-refractivity contribution >= 4 is 68.2 Å². The van der Waals surface area contributed by atoms with E-state index in [1.54, 1.807) is 0 Å². The van der Waals surface area contributed by atoms with E-state index in [2.05, 4.69) is 150 Å². The Hall–Kier alpha value is -7.37. The first-order valence-electron chi connectivity index (χ1n) is 18.3. The molecule has 0 aliphatic carbocycles. The fourth-order valence-corrected chi connectivity index (χ4v) is 7.25. The topological polar surface area (TPSA) is 53.5 Å². The first kappa shape index (κ1) is 33.5. The molecule has 1 heterocycles. The van der Waals surface area contributed by atoms with Gasteiger partial charge in [0, 0.05) is 38.7 Å². The van der Waals surface area contributed by atoms with Gasteiger partial charge in [-0.15, -0.1) is 0 Å². The number of furan rings is 1. The predicted molar refractivity (Wildman–Crippen MR) is 231 cm³/mol. The Morgan fingerprint density at radius 3 is 2.04 bits per heavy atom. The summed E-state index contributed by atoms with van der Waals surface area (Å²) < 4.78 is 6.60. The minimum absolute atomic E-state index is 0.469. The normalized spacial score (nSPS) is 12.0. The van der Waals surface area contributed by atoms with E-state index < -0.39 is 0 Å². The summed E-state index contributed by atoms with van der Waals surface area (Å²) in [6.45, 7) is 4.30. The van der Waals surface area contributed by atoms with Crippen LogP contribution in [0.4, 0.5) is 17.1 Å². The highest BCUT2D eigenvalue weighted by Crippen LogP contribution is 2.42. The predicted octanol–water partition coefficient (Wildman–Crippen LogP) is 13.0. The van der Waals surface area contributed by atoms with Gasteiger partial charge >= 0.3 is 0 Å². The first-order valence-corrected chi connectivity index (χ1v) is 18.3. The zero-order valence-electron chi connectivity index (χ0n) is 30.1. The standard InChI is InChI=1S/C50H36N4O/c1-51-49(37-19-7-3-8-20-37)53-50(52-34-35-16-5-2-6-17-35)39-30-31-44-47(33-39)55-46-29-15-27-43(48(44)46)38-22-13-25-41(32-38)54(40-23-9-4-10-24-40)45-28-14-21-36-18-11-12-26-42(36)45/h2-33H,1,34H2. The van der Waals surface area contributed by atoms with Gasteiger partial charge in [-0.2, -0.15) is 0 Å². The zero-order chi connectivity index (χ0) is 37.0. The third kappa shape index (κ3) is 6.71. The highest BCUT2D eigenvalue weighted by molar-refractivity contribution is 6.16. The van der Waals surface area contributed by atoms with Crippen LogP contribution < -0.4 is 4.90 Å². The van der Waals surface area contributed by atoms with Gasteiger partial charge in [0.05, 0.1) is 12.2 Å². The molecule has 0 fully saturated rings. The lowest BCUT2D eigenvalue weighted by Crippen LogP contribution is -2.10. The number of amidine groups is 2. The van der Waals surface area contributed by atoms with Crippen LogP contribution in [0.5, 0.6) is 0 Å². The van der Waals surface area contributed by atoms with Crippen molar-refractivity contribution in [3.05, 3.63) is 211 Å². The summed E-state index contributed by atoms with van der Waals surface area (Å²) in [7, 11) is 0. The van der Waals surface area contributed by atoms with Crippen molar-refractivity contribution in [3.63, 3.8) is 0 Å². The molecule has 0 atom stereocenters. The highest BCUT2D eigenvalue weighted by atomic mass is 16.3. The van der Waals surface area contributed by atoms with Gasteiger partial charge in [0.25, 0.3) is 0 Å². The number of benzene rings is 8. The molecule has 0 aliphatic heterocycles. The van der Waals surface area contributed by atoms with Crippen molar-refractivity contribution in [1.29, 1.82) is 0 Å². The molecule has 5 nitrogen and oxygen atoms in total. The van der Waals surface area contributed by atoms with Crippen LogP contribution in [0.1, 0.15) is 16.7 Å². The molecule has 5 heteroatoms. The summed E-state index contributed by atoms with van der Waals surface area (Å²) >= 11 is 0. The maximum Gasteiger partial charge on any atom is 0.161 e. The van der Waals surface area contributed by atoms with Crippen LogP contribution in [0, 0.1) is 0 Å². The van der Waals surface area contributed by atoms with E-state index in [-0.39, 0.29) is 0 Å². The van der Waals surface area contributed by atoms with Crippen LogP contribution in [-0.4, -0.2) is 18.4 Å². The van der Waals surface area contributed by atoms with Crippen molar-refractivity contribution in [1.82, 2.24) is 0 Å². The number of rotatable bonds is 8. The maximum absolute atomic E-state index is 6.60. The van der Waals surface area contributed by atoms with Gasteiger partial charge in [-0.3, -0.25) is 4.99 Å². The molecule has 0 unspecified atom stereocenters. The third-order valence-electron chi connectivity index (χ3n) is 9.84. The highest BCUT2D eigenvalue weighted by Gasteiger charge is 2.19. The van der Waals surface area contributed by atoms with Crippen LogP contribution in [-0.2, 0) is 6.54 Å². The lowest BCUT2D eigenvalue weighted by atomic mass is 9.98. The minimum Gasteiger partial charge on any atom is -0.456 e. The van der Waals surface area contributed by atoms with Crippen molar-refractivity contribution in [2.75, 3.05) is 4.90 Å². The number of hydrogen-bond acceptors (Lipinski definition) is 3. The summed E-state index contributed by atoms with van der Waals surface area (Å²) in [6.07, 6.45) is 0. The largest absolute Gasteiger partial charge is 0.456 e. The summed E-state index contributed by atoms with van der Waals surface area (Å²) in [4.78, 5) is 16.6. The Bertz CT molecular complexity index is 2850. The summed E-state index contributed by atoms with van der Waals surface area (Å²) in [5, 5.41) is 4.46. The van der Waals surface area contributed by atoms with Crippen LogP contribution >= 0.6 is 0 Å². The molecule has 0 radical (unpaired) electrons. The molecule has 1 aromatic heterocycles. The van der Waals surface area contributed by atoms with E-state index in [0.29, 0.717) is 18.2 Å². The van der Waals surface area contributed by atoms with Crippen molar-refractivity contribution < 1.29 is 4.42 Å². The van der Waals surface area contributed by atoms with E-state index >= 15 is 0 Å². The molecule has 0 spiro atoms. The first-order chi connectivity index (χ1) is 27.2. The Morgan fingerprint density at radius 2 is 1.22 bits per heavy atom. The van der Waals surface area contributed by atoms with Gasteiger partial charge in [0.2, 0.25) is 0 Å². The van der Waals surface area contributed by atoms with Crippen molar-refractivity contribution in [2.45, 2.75) is 6.54 Å². The molecule has 0 saturated carbocycles. The van der Waals surface area contributed by atoms with E-state index in [9.17, 15) is 0 Å². The van der Waals surface area contributed by atoms with E-state index in [1.807, 2.05) is 60.7 Å². The Kier molecular flexibility index (Phi) is 9.09. The SMILES string of the molecule is C=NC(=NC(=NCc1ccccc1)c1ccc2c(c1)oc1cccc(-c3cccc(N(c4ccccc4)c4cccc5ccccc45)c3)c12)c1ccccc1.